The van der Waals surface area contributed by atoms with Gasteiger partial charge in [0.15, 0.2) is 5.82 Å². The van der Waals surface area contributed by atoms with E-state index in [0.29, 0.717) is 18.1 Å². The smallest absolute Gasteiger partial charge is 0.227 e. The molecule has 1 atom stereocenters. The first-order chi connectivity index (χ1) is 11.5. The minimum atomic E-state index is -0.300. The fourth-order valence-electron chi connectivity index (χ4n) is 2.78. The Hall–Kier alpha value is -2.64. The topological polar surface area (TPSA) is 72.3 Å². The van der Waals surface area contributed by atoms with Gasteiger partial charge in [0.05, 0.1) is 0 Å². The second-order valence-corrected chi connectivity index (χ2v) is 5.85. The van der Waals surface area contributed by atoms with Gasteiger partial charge in [0.1, 0.15) is 18.2 Å². The number of hydrogen-bond acceptors (Lipinski definition) is 5. The van der Waals surface area contributed by atoms with Crippen LogP contribution in [0.3, 0.4) is 0 Å². The Bertz CT molecular complexity index is 716. The monoisotopic (exact) mass is 333 g/mol. The van der Waals surface area contributed by atoms with Crippen LogP contribution < -0.4 is 15.0 Å². The zero-order valence-corrected chi connectivity index (χ0v) is 13.7. The lowest BCUT2D eigenvalue weighted by atomic mass is 10.3. The Balaban J connectivity index is 1.61. The van der Waals surface area contributed by atoms with Crippen LogP contribution in [0.4, 0.5) is 10.3 Å². The highest BCUT2D eigenvalue weighted by Crippen LogP contribution is 2.19. The van der Waals surface area contributed by atoms with Crippen molar-refractivity contribution in [3.05, 3.63) is 35.9 Å². The van der Waals surface area contributed by atoms with Gasteiger partial charge in [0.25, 0.3) is 0 Å². The van der Waals surface area contributed by atoms with Gasteiger partial charge in [-0.1, -0.05) is 0 Å². The quantitative estimate of drug-likeness (QED) is 0.891. The van der Waals surface area contributed by atoms with E-state index in [-0.39, 0.29) is 24.4 Å². The van der Waals surface area contributed by atoms with E-state index in [1.54, 1.807) is 12.1 Å². The molecular weight excluding hydrogens is 313 g/mol. The van der Waals surface area contributed by atoms with Crippen LogP contribution in [0.2, 0.25) is 0 Å². The van der Waals surface area contributed by atoms with E-state index in [9.17, 15) is 9.18 Å². The molecule has 2 aromatic rings. The molecule has 1 saturated heterocycles. The molecule has 0 spiro atoms. The SMILES string of the molecule is CC(=O)NC1CCN(c2nnc(COc3ccc(F)cc3)n2C)C1. The Labute approximate surface area is 139 Å². The van der Waals surface area contributed by atoms with E-state index < -0.39 is 0 Å². The van der Waals surface area contributed by atoms with Gasteiger partial charge in [0.2, 0.25) is 11.9 Å². The molecule has 0 radical (unpaired) electrons. The largest absolute Gasteiger partial charge is 0.486 e. The minimum Gasteiger partial charge on any atom is -0.486 e. The summed E-state index contributed by atoms with van der Waals surface area (Å²) in [6.45, 7) is 3.30. The number of ether oxygens (including phenoxy) is 1. The second kappa shape index (κ2) is 6.86. The molecule has 8 heteroatoms. The van der Waals surface area contributed by atoms with Crippen LogP contribution in [0.25, 0.3) is 0 Å². The van der Waals surface area contributed by atoms with Gasteiger partial charge in [0, 0.05) is 33.1 Å². The fraction of sp³-hybridized carbons (Fsp3) is 0.438. The average molecular weight is 333 g/mol. The Morgan fingerprint density at radius 2 is 2.12 bits per heavy atom. The Morgan fingerprint density at radius 3 is 2.83 bits per heavy atom. The first kappa shape index (κ1) is 16.2. The number of anilines is 1. The van der Waals surface area contributed by atoms with Crippen LogP contribution in [-0.2, 0) is 18.4 Å². The number of nitrogens with one attached hydrogen (secondary N) is 1. The summed E-state index contributed by atoms with van der Waals surface area (Å²) in [7, 11) is 1.88. The van der Waals surface area contributed by atoms with Gasteiger partial charge < -0.3 is 15.0 Å². The molecule has 1 amide bonds. The van der Waals surface area contributed by atoms with E-state index in [0.717, 1.165) is 18.9 Å². The number of nitrogens with zero attached hydrogens (tertiary/aromatic N) is 4. The standard InChI is InChI=1S/C16H20FN5O2/c1-11(23)18-13-7-8-22(9-13)16-20-19-15(21(16)2)10-24-14-5-3-12(17)4-6-14/h3-6,13H,7-10H2,1-2H3,(H,18,23). The minimum absolute atomic E-state index is 0.0202. The molecule has 1 aromatic heterocycles. The molecule has 0 aliphatic carbocycles. The third kappa shape index (κ3) is 3.64. The van der Waals surface area contributed by atoms with Gasteiger partial charge in [-0.25, -0.2) is 4.39 Å². The van der Waals surface area contributed by atoms with E-state index in [1.807, 2.05) is 11.6 Å². The molecule has 0 bridgehead atoms. The summed E-state index contributed by atoms with van der Waals surface area (Å²) >= 11 is 0. The molecule has 2 heterocycles. The molecule has 1 aliphatic heterocycles. The van der Waals surface area contributed by atoms with Crippen molar-refractivity contribution in [2.75, 3.05) is 18.0 Å². The Kier molecular flexibility index (Phi) is 4.64. The molecule has 1 unspecified atom stereocenters. The zero-order valence-electron chi connectivity index (χ0n) is 13.7. The number of rotatable bonds is 5. The summed E-state index contributed by atoms with van der Waals surface area (Å²) in [5.41, 5.74) is 0. The van der Waals surface area contributed by atoms with Crippen LogP contribution in [-0.4, -0.2) is 39.8 Å². The molecule has 7 nitrogen and oxygen atoms in total. The summed E-state index contributed by atoms with van der Waals surface area (Å²) in [5.74, 6) is 1.69. The van der Waals surface area contributed by atoms with Crippen molar-refractivity contribution in [2.45, 2.75) is 26.0 Å². The summed E-state index contributed by atoms with van der Waals surface area (Å²) < 4.78 is 20.4. The predicted octanol–water partition coefficient (Wildman–Crippen LogP) is 1.25. The van der Waals surface area contributed by atoms with Crippen LogP contribution in [0.5, 0.6) is 5.75 Å². The molecule has 3 rings (SSSR count). The number of carbonyl (C=O) groups excluding carboxylic acids is 1. The molecule has 128 valence electrons. The van der Waals surface area contributed by atoms with Crippen molar-refractivity contribution in [1.82, 2.24) is 20.1 Å². The first-order valence-electron chi connectivity index (χ1n) is 7.81. The zero-order chi connectivity index (χ0) is 17.1. The third-order valence-electron chi connectivity index (χ3n) is 4.00. The highest BCUT2D eigenvalue weighted by atomic mass is 19.1. The summed E-state index contributed by atoms with van der Waals surface area (Å²) in [6.07, 6.45) is 0.883. The number of halogens is 1. The van der Waals surface area contributed by atoms with E-state index in [4.69, 9.17) is 4.74 Å². The van der Waals surface area contributed by atoms with Crippen LogP contribution >= 0.6 is 0 Å². The molecule has 0 saturated carbocycles. The van der Waals surface area contributed by atoms with Crippen molar-refractivity contribution >= 4 is 11.9 Å². The Morgan fingerprint density at radius 1 is 1.38 bits per heavy atom. The van der Waals surface area contributed by atoms with Crippen LogP contribution in [0.1, 0.15) is 19.2 Å². The molecular formula is C16H20FN5O2. The highest BCUT2D eigenvalue weighted by Gasteiger charge is 2.26. The summed E-state index contributed by atoms with van der Waals surface area (Å²) in [5, 5.41) is 11.3. The number of benzene rings is 1. The maximum Gasteiger partial charge on any atom is 0.227 e. The molecule has 1 fully saturated rings. The van der Waals surface area contributed by atoms with Crippen LogP contribution in [0, 0.1) is 5.82 Å². The second-order valence-electron chi connectivity index (χ2n) is 5.85. The van der Waals surface area contributed by atoms with Gasteiger partial charge in [-0.15, -0.1) is 10.2 Å². The summed E-state index contributed by atoms with van der Waals surface area (Å²) in [4.78, 5) is 13.2. The lowest BCUT2D eigenvalue weighted by Gasteiger charge is -2.17. The van der Waals surface area contributed by atoms with Gasteiger partial charge >= 0.3 is 0 Å². The maximum atomic E-state index is 12.9. The average Bonchev–Trinajstić information content (AvgIpc) is 3.13. The van der Waals surface area contributed by atoms with Gasteiger partial charge in [-0.3, -0.25) is 9.36 Å². The van der Waals surface area contributed by atoms with E-state index >= 15 is 0 Å². The first-order valence-corrected chi connectivity index (χ1v) is 7.81. The van der Waals surface area contributed by atoms with E-state index in [1.165, 1.54) is 19.1 Å². The number of carbonyl (C=O) groups is 1. The normalized spacial score (nSPS) is 17.1. The number of aromatic nitrogens is 3. The van der Waals surface area contributed by atoms with Crippen molar-refractivity contribution < 1.29 is 13.9 Å². The van der Waals surface area contributed by atoms with Crippen LogP contribution in [0.15, 0.2) is 24.3 Å². The number of hydrogen-bond donors (Lipinski definition) is 1. The summed E-state index contributed by atoms with van der Waals surface area (Å²) in [6, 6.07) is 5.99. The lowest BCUT2D eigenvalue weighted by molar-refractivity contribution is -0.119. The number of amides is 1. The molecule has 1 aliphatic rings. The van der Waals surface area contributed by atoms with Crippen molar-refractivity contribution in [3.63, 3.8) is 0 Å². The lowest BCUT2D eigenvalue weighted by Crippen LogP contribution is -2.36. The van der Waals surface area contributed by atoms with Gasteiger partial charge in [-0.05, 0) is 30.7 Å². The highest BCUT2D eigenvalue weighted by molar-refractivity contribution is 5.73. The molecule has 1 aromatic carbocycles. The predicted molar refractivity (Wildman–Crippen MR) is 86.2 cm³/mol. The fourth-order valence-corrected chi connectivity index (χ4v) is 2.78. The molecule has 1 N–H and O–H groups in total. The van der Waals surface area contributed by atoms with Crippen molar-refractivity contribution in [1.29, 1.82) is 0 Å². The van der Waals surface area contributed by atoms with Crippen molar-refractivity contribution in [2.24, 2.45) is 7.05 Å². The van der Waals surface area contributed by atoms with E-state index in [2.05, 4.69) is 20.4 Å². The molecule has 24 heavy (non-hydrogen) atoms. The maximum absolute atomic E-state index is 12.9. The van der Waals surface area contributed by atoms with Gasteiger partial charge in [-0.2, -0.15) is 0 Å². The van der Waals surface area contributed by atoms with Crippen molar-refractivity contribution in [3.8, 4) is 5.75 Å². The third-order valence-corrected chi connectivity index (χ3v) is 4.00.